The normalized spacial score (nSPS) is 11.5. The average Bonchev–Trinajstić information content (AvgIpc) is 2.53. The summed E-state index contributed by atoms with van der Waals surface area (Å²) >= 11 is 9.15. The second-order valence-electron chi connectivity index (χ2n) is 4.89. The lowest BCUT2D eigenvalue weighted by atomic mass is 10.2. The van der Waals surface area contributed by atoms with E-state index in [1.807, 2.05) is 0 Å². The Labute approximate surface area is 181 Å². The van der Waals surface area contributed by atoms with Crippen molar-refractivity contribution in [3.05, 3.63) is 56.5 Å². The van der Waals surface area contributed by atoms with Gasteiger partial charge in [0, 0.05) is 25.4 Å². The van der Waals surface area contributed by atoms with Crippen molar-refractivity contribution < 1.29 is 40.9 Å². The van der Waals surface area contributed by atoms with E-state index < -0.39 is 25.1 Å². The van der Waals surface area contributed by atoms with Crippen LogP contribution in [0.4, 0.5) is 26.3 Å². The lowest BCUT2D eigenvalue weighted by Gasteiger charge is -2.12. The van der Waals surface area contributed by atoms with Crippen LogP contribution in [0.5, 0.6) is 11.5 Å². The van der Waals surface area contributed by atoms with Crippen molar-refractivity contribution in [1.82, 2.24) is 0 Å². The lowest BCUT2D eigenvalue weighted by Crippen LogP contribution is -2.18. The first-order chi connectivity index (χ1) is 12.8. The van der Waals surface area contributed by atoms with Crippen LogP contribution in [0.1, 0.15) is 11.1 Å². The van der Waals surface area contributed by atoms with Crippen molar-refractivity contribution in [2.75, 3.05) is 0 Å². The van der Waals surface area contributed by atoms with Gasteiger partial charge in [0.15, 0.2) is 0 Å². The maximum absolute atomic E-state index is 11.9. The van der Waals surface area contributed by atoms with Crippen LogP contribution in [0.3, 0.4) is 0 Å². The fourth-order valence-corrected chi connectivity index (χ4v) is 2.88. The molecule has 0 aliphatic carbocycles. The van der Waals surface area contributed by atoms with Gasteiger partial charge in [0.1, 0.15) is 11.5 Å². The summed E-state index contributed by atoms with van der Waals surface area (Å²) in [6.45, 7) is -0.501. The Morgan fingerprint density at radius 3 is 1.50 bits per heavy atom. The topological polar surface area (TPSA) is 38.7 Å². The number of halogens is 9. The maximum atomic E-state index is 11.9. The summed E-state index contributed by atoms with van der Waals surface area (Å²) < 4.78 is 80.0. The summed E-state index contributed by atoms with van der Waals surface area (Å²) in [5.41, 5.74) is 0.538. The molecule has 0 heterocycles. The predicted molar refractivity (Wildman–Crippen MR) is 100 cm³/mol. The van der Waals surface area contributed by atoms with E-state index in [2.05, 4.69) is 57.3 Å². The third kappa shape index (κ3) is 9.48. The van der Waals surface area contributed by atoms with E-state index in [0.717, 1.165) is 6.07 Å². The summed E-state index contributed by atoms with van der Waals surface area (Å²) in [4.78, 5) is 0. The minimum atomic E-state index is -4.75. The second-order valence-corrected chi connectivity index (χ2v) is 7.28. The highest BCUT2D eigenvalue weighted by molar-refractivity contribution is 9.10. The SMILES string of the molecule is FC(F)(F)Oc1cc(Br)ccc1CBr.OCc1ccc(Br)cc1OC(F)(F)F. The van der Waals surface area contributed by atoms with Crippen LogP contribution in [-0.4, -0.2) is 17.8 Å². The summed E-state index contributed by atoms with van der Waals surface area (Å²) in [6, 6.07) is 8.52. The number of aliphatic hydroxyl groups excluding tert-OH is 1. The zero-order valence-corrected chi connectivity index (χ0v) is 18.3. The van der Waals surface area contributed by atoms with E-state index in [0.29, 0.717) is 19.8 Å². The van der Waals surface area contributed by atoms with Crippen molar-refractivity contribution >= 4 is 47.8 Å². The first-order valence-corrected chi connectivity index (χ1v) is 9.80. The molecule has 2 aromatic carbocycles. The molecule has 1 N–H and O–H groups in total. The molecule has 12 heteroatoms. The maximum Gasteiger partial charge on any atom is 0.573 e. The number of hydrogen-bond acceptors (Lipinski definition) is 3. The number of alkyl halides is 7. The van der Waals surface area contributed by atoms with Gasteiger partial charge in [-0.1, -0.05) is 59.9 Å². The minimum absolute atomic E-state index is 0.0884. The molecular weight excluding hydrogens is 594 g/mol. The average molecular weight is 605 g/mol. The molecule has 0 saturated carbocycles. The standard InChI is InChI=1S/C8H5Br2F3O.C8H6BrF3O2/c9-4-5-1-2-6(10)3-7(5)14-8(11,12)13;9-6-2-1-5(4-13)7(3-6)14-8(10,11)12/h1-3H,4H2;1-3,13H,4H2. The Morgan fingerprint density at radius 2 is 1.14 bits per heavy atom. The van der Waals surface area contributed by atoms with E-state index >= 15 is 0 Å². The monoisotopic (exact) mass is 602 g/mol. The summed E-state index contributed by atoms with van der Waals surface area (Å²) in [6.07, 6.45) is -9.40. The summed E-state index contributed by atoms with van der Waals surface area (Å²) in [5.74, 6) is -0.585. The van der Waals surface area contributed by atoms with Gasteiger partial charge in [-0.25, -0.2) is 0 Å². The molecule has 0 spiro atoms. The van der Waals surface area contributed by atoms with Gasteiger partial charge >= 0.3 is 12.7 Å². The van der Waals surface area contributed by atoms with Crippen LogP contribution in [0, 0.1) is 0 Å². The van der Waals surface area contributed by atoms with E-state index in [-0.39, 0.29) is 11.3 Å². The van der Waals surface area contributed by atoms with Gasteiger partial charge in [-0.2, -0.15) is 0 Å². The molecule has 0 aliphatic rings. The van der Waals surface area contributed by atoms with Crippen LogP contribution < -0.4 is 9.47 Å². The molecule has 2 rings (SSSR count). The number of aliphatic hydroxyl groups is 1. The van der Waals surface area contributed by atoms with E-state index in [9.17, 15) is 26.3 Å². The van der Waals surface area contributed by atoms with Crippen LogP contribution in [0.25, 0.3) is 0 Å². The van der Waals surface area contributed by atoms with Crippen molar-refractivity contribution in [2.45, 2.75) is 24.7 Å². The zero-order chi connectivity index (χ0) is 21.5. The largest absolute Gasteiger partial charge is 0.573 e. The van der Waals surface area contributed by atoms with Crippen LogP contribution >= 0.6 is 47.8 Å². The molecule has 0 saturated heterocycles. The first kappa shape index (κ1) is 25.1. The third-order valence-electron chi connectivity index (χ3n) is 2.82. The lowest BCUT2D eigenvalue weighted by molar-refractivity contribution is -0.276. The highest BCUT2D eigenvalue weighted by atomic mass is 79.9. The van der Waals surface area contributed by atoms with E-state index in [4.69, 9.17) is 5.11 Å². The molecule has 0 aliphatic heterocycles. The smallest absolute Gasteiger partial charge is 0.405 e. The van der Waals surface area contributed by atoms with Gasteiger partial charge in [0.05, 0.1) is 6.61 Å². The minimum Gasteiger partial charge on any atom is -0.405 e. The quantitative estimate of drug-likeness (QED) is 0.299. The molecule has 3 nitrogen and oxygen atoms in total. The Hall–Kier alpha value is -0.980. The Kier molecular flexibility index (Phi) is 9.57. The number of hydrogen-bond donors (Lipinski definition) is 1. The van der Waals surface area contributed by atoms with Crippen LogP contribution in [0.15, 0.2) is 45.3 Å². The fraction of sp³-hybridized carbons (Fsp3) is 0.250. The van der Waals surface area contributed by atoms with Crippen molar-refractivity contribution in [1.29, 1.82) is 0 Å². The molecule has 0 atom stereocenters. The number of ether oxygens (including phenoxy) is 2. The van der Waals surface area contributed by atoms with Gasteiger partial charge in [0.2, 0.25) is 0 Å². The van der Waals surface area contributed by atoms with Crippen LogP contribution in [0.2, 0.25) is 0 Å². The Morgan fingerprint density at radius 1 is 0.750 bits per heavy atom. The number of rotatable bonds is 4. The molecule has 0 aromatic heterocycles. The molecular formula is C16H11Br3F6O3. The van der Waals surface area contributed by atoms with Crippen molar-refractivity contribution in [3.63, 3.8) is 0 Å². The zero-order valence-electron chi connectivity index (χ0n) is 13.5. The van der Waals surface area contributed by atoms with Crippen LogP contribution in [-0.2, 0) is 11.9 Å². The van der Waals surface area contributed by atoms with Gasteiger partial charge in [0.25, 0.3) is 0 Å². The van der Waals surface area contributed by atoms with Crippen molar-refractivity contribution in [3.8, 4) is 11.5 Å². The summed E-state index contributed by atoms with van der Waals surface area (Å²) in [7, 11) is 0. The van der Waals surface area contributed by atoms with Gasteiger partial charge < -0.3 is 14.6 Å². The van der Waals surface area contributed by atoms with E-state index in [1.54, 1.807) is 12.1 Å². The van der Waals surface area contributed by atoms with Gasteiger partial charge in [-0.05, 0) is 24.3 Å². The third-order valence-corrected chi connectivity index (χ3v) is 4.41. The molecule has 0 unspecified atom stereocenters. The highest BCUT2D eigenvalue weighted by Crippen LogP contribution is 2.31. The Bertz CT molecular complexity index is 716. The second kappa shape index (κ2) is 10.7. The van der Waals surface area contributed by atoms with E-state index in [1.165, 1.54) is 18.2 Å². The first-order valence-electron chi connectivity index (χ1n) is 7.10. The fourth-order valence-electron chi connectivity index (χ4n) is 1.74. The molecule has 28 heavy (non-hydrogen) atoms. The molecule has 2 aromatic rings. The molecule has 0 radical (unpaired) electrons. The van der Waals surface area contributed by atoms with Crippen molar-refractivity contribution in [2.24, 2.45) is 0 Å². The highest BCUT2D eigenvalue weighted by Gasteiger charge is 2.32. The van der Waals surface area contributed by atoms with Gasteiger partial charge in [-0.3, -0.25) is 0 Å². The van der Waals surface area contributed by atoms with Gasteiger partial charge in [-0.15, -0.1) is 26.3 Å². The predicted octanol–water partition coefficient (Wildman–Crippen LogP) is 7.08. The summed E-state index contributed by atoms with van der Waals surface area (Å²) in [5, 5.41) is 9.05. The Balaban J connectivity index is 0.000000280. The molecule has 156 valence electrons. The molecule has 0 amide bonds. The molecule has 0 bridgehead atoms. The number of benzene rings is 2. The molecule has 0 fully saturated rings.